The van der Waals surface area contributed by atoms with Crippen LogP contribution < -0.4 is 8.85 Å². The molecule has 31 heavy (non-hydrogen) atoms. The quantitative estimate of drug-likeness (QED) is 0.253. The molecule has 6 heteroatoms. The third-order valence-electron chi connectivity index (χ3n) is 6.72. The van der Waals surface area contributed by atoms with Crippen LogP contribution in [-0.4, -0.2) is 27.5 Å². The van der Waals surface area contributed by atoms with Gasteiger partial charge < -0.3 is 14.0 Å². The van der Waals surface area contributed by atoms with Gasteiger partial charge in [-0.05, 0) is 63.5 Å². The van der Waals surface area contributed by atoms with Gasteiger partial charge >= 0.3 is 0 Å². The highest BCUT2D eigenvalue weighted by molar-refractivity contribution is 6.75. The lowest BCUT2D eigenvalue weighted by Gasteiger charge is -2.39. The molecular weight excluding hydrogens is 420 g/mol. The molecule has 1 rings (SSSR count). The van der Waals surface area contributed by atoms with E-state index in [1.54, 1.807) is 6.07 Å². The highest BCUT2D eigenvalue weighted by Crippen LogP contribution is 2.47. The van der Waals surface area contributed by atoms with Crippen molar-refractivity contribution in [2.24, 2.45) is 0 Å². The lowest BCUT2D eigenvalue weighted by molar-refractivity contribution is 0.101. The van der Waals surface area contributed by atoms with Gasteiger partial charge in [0.15, 0.2) is 5.78 Å². The Morgan fingerprint density at radius 2 is 1.39 bits per heavy atom. The van der Waals surface area contributed by atoms with Crippen LogP contribution in [0.25, 0.3) is 0 Å². The molecule has 0 saturated carbocycles. The molecule has 0 aliphatic carbocycles. The van der Waals surface area contributed by atoms with Gasteiger partial charge in [0.1, 0.15) is 22.8 Å². The predicted octanol–water partition coefficient (Wildman–Crippen LogP) is 7.87. The van der Waals surface area contributed by atoms with Gasteiger partial charge in [0.05, 0.1) is 0 Å². The topological polar surface area (TPSA) is 55.8 Å². The summed E-state index contributed by atoms with van der Waals surface area (Å²) in [4.78, 5) is 12.6. The lowest BCUT2D eigenvalue weighted by atomic mass is 10.0. The van der Waals surface area contributed by atoms with Crippen LogP contribution >= 0.6 is 0 Å². The summed E-state index contributed by atoms with van der Waals surface area (Å²) in [7, 11) is -4.46. The van der Waals surface area contributed by atoms with Gasteiger partial charge in [-0.3, -0.25) is 4.79 Å². The number of carbonyl (C=O) groups excluding carboxylic acids is 1. The molecule has 1 aromatic rings. The first-order chi connectivity index (χ1) is 13.7. The number of Topliss-reactive ketones (excluding diaryl/α,β-unsaturated/α-hetero) is 1. The maximum atomic E-state index is 12.6. The normalized spacial score (nSPS) is 13.1. The van der Waals surface area contributed by atoms with Crippen LogP contribution in [0.5, 0.6) is 17.2 Å². The monoisotopic (exact) mass is 464 g/mol. The van der Waals surface area contributed by atoms with E-state index in [-0.39, 0.29) is 27.2 Å². The van der Waals surface area contributed by atoms with Gasteiger partial charge in [0.2, 0.25) is 8.32 Å². The van der Waals surface area contributed by atoms with E-state index in [0.717, 1.165) is 5.56 Å². The van der Waals surface area contributed by atoms with Crippen molar-refractivity contribution in [3.63, 3.8) is 0 Å². The molecule has 0 aromatic heterocycles. The second-order valence-electron chi connectivity index (χ2n) is 11.8. The van der Waals surface area contributed by atoms with E-state index in [1.165, 1.54) is 12.5 Å². The zero-order valence-electron chi connectivity index (χ0n) is 22.0. The fourth-order valence-electron chi connectivity index (χ4n) is 2.54. The van der Waals surface area contributed by atoms with Crippen LogP contribution in [0.15, 0.2) is 17.7 Å². The molecule has 0 spiro atoms. The molecule has 176 valence electrons. The van der Waals surface area contributed by atoms with Crippen LogP contribution in [0.3, 0.4) is 0 Å². The highest BCUT2D eigenvalue weighted by atomic mass is 28.4. The molecule has 0 fully saturated rings. The van der Waals surface area contributed by atoms with E-state index < -0.39 is 16.6 Å². The molecular formula is C25H44O4Si2. The van der Waals surface area contributed by atoms with Crippen LogP contribution in [0, 0.1) is 0 Å². The van der Waals surface area contributed by atoms with Crippen molar-refractivity contribution >= 4 is 22.4 Å². The minimum absolute atomic E-state index is 0.00387. The summed E-state index contributed by atoms with van der Waals surface area (Å²) >= 11 is 0. The Morgan fingerprint density at radius 1 is 0.935 bits per heavy atom. The Hall–Kier alpha value is -1.54. The number of hydrogen-bond acceptors (Lipinski definition) is 4. The number of hydrogen-bond donors (Lipinski definition) is 1. The van der Waals surface area contributed by atoms with Crippen molar-refractivity contribution in [2.75, 3.05) is 0 Å². The number of carbonyl (C=O) groups is 1. The Kier molecular flexibility index (Phi) is 8.11. The van der Waals surface area contributed by atoms with Gasteiger partial charge in [0, 0.05) is 11.6 Å². The van der Waals surface area contributed by atoms with Crippen LogP contribution in [0.1, 0.15) is 78.2 Å². The third kappa shape index (κ3) is 6.48. The SMILES string of the molecule is CC(=O)c1c(O)cc(O[Si](C)(C)C(C)(C)C)c(CC=C(C)C)c1O[Si](C)(C)C(C)(C)C. The van der Waals surface area contributed by atoms with Crippen LogP contribution in [-0.2, 0) is 6.42 Å². The number of aromatic hydroxyl groups is 1. The maximum Gasteiger partial charge on any atom is 0.250 e. The van der Waals surface area contributed by atoms with Gasteiger partial charge in [-0.25, -0.2) is 0 Å². The van der Waals surface area contributed by atoms with Crippen molar-refractivity contribution in [2.45, 2.75) is 105 Å². The smallest absolute Gasteiger partial charge is 0.250 e. The molecule has 1 aromatic carbocycles. The number of benzene rings is 1. The number of ketones is 1. The molecule has 0 aliphatic heterocycles. The predicted molar refractivity (Wildman–Crippen MR) is 137 cm³/mol. The molecule has 0 amide bonds. The number of phenols is 1. The Balaban J connectivity index is 3.90. The largest absolute Gasteiger partial charge is 0.543 e. The van der Waals surface area contributed by atoms with E-state index in [1.807, 2.05) is 0 Å². The number of allylic oxidation sites excluding steroid dienone is 2. The summed E-state index contributed by atoms with van der Waals surface area (Å²) in [6, 6.07) is 1.61. The molecule has 0 unspecified atom stereocenters. The zero-order chi connectivity index (χ0) is 24.6. The molecule has 0 aliphatic rings. The van der Waals surface area contributed by atoms with Crippen LogP contribution in [0.4, 0.5) is 0 Å². The first-order valence-electron chi connectivity index (χ1n) is 11.1. The first-order valence-corrected chi connectivity index (χ1v) is 16.9. The van der Waals surface area contributed by atoms with Crippen molar-refractivity contribution < 1.29 is 18.8 Å². The average Bonchev–Trinajstić information content (AvgIpc) is 2.50. The minimum atomic E-state index is -2.28. The summed E-state index contributed by atoms with van der Waals surface area (Å²) in [6.45, 7) is 27.3. The molecule has 0 atom stereocenters. The first kappa shape index (κ1) is 27.5. The molecule has 0 heterocycles. The highest BCUT2D eigenvalue weighted by Gasteiger charge is 2.42. The van der Waals surface area contributed by atoms with Crippen molar-refractivity contribution in [1.29, 1.82) is 0 Å². The Labute approximate surface area is 192 Å². The van der Waals surface area contributed by atoms with Gasteiger partial charge in [-0.1, -0.05) is 53.2 Å². The second kappa shape index (κ2) is 9.14. The fraction of sp³-hybridized carbons (Fsp3) is 0.640. The van der Waals surface area contributed by atoms with E-state index in [4.69, 9.17) is 8.85 Å². The second-order valence-corrected chi connectivity index (χ2v) is 21.3. The van der Waals surface area contributed by atoms with Crippen LogP contribution in [0.2, 0.25) is 36.3 Å². The van der Waals surface area contributed by atoms with Crippen molar-refractivity contribution in [3.8, 4) is 17.2 Å². The van der Waals surface area contributed by atoms with Gasteiger partial charge in [-0.2, -0.15) is 0 Å². The minimum Gasteiger partial charge on any atom is -0.543 e. The van der Waals surface area contributed by atoms with Gasteiger partial charge in [0.25, 0.3) is 8.32 Å². The molecule has 0 saturated heterocycles. The summed E-state index contributed by atoms with van der Waals surface area (Å²) < 4.78 is 13.4. The fourth-order valence-corrected chi connectivity index (χ4v) is 4.62. The number of rotatable bonds is 7. The van der Waals surface area contributed by atoms with E-state index in [2.05, 4.69) is 87.7 Å². The summed E-state index contributed by atoms with van der Waals surface area (Å²) in [5.74, 6) is 0.838. The van der Waals surface area contributed by atoms with Crippen molar-refractivity contribution in [3.05, 3.63) is 28.8 Å². The molecule has 0 bridgehead atoms. The molecule has 0 radical (unpaired) electrons. The van der Waals surface area contributed by atoms with E-state index in [0.29, 0.717) is 17.9 Å². The molecule has 1 N–H and O–H groups in total. The number of phenolic OH excluding ortho intramolecular Hbond substituents is 1. The summed E-state index contributed by atoms with van der Waals surface area (Å²) in [5.41, 5.74) is 2.28. The van der Waals surface area contributed by atoms with Gasteiger partial charge in [-0.15, -0.1) is 0 Å². The lowest BCUT2D eigenvalue weighted by Crippen LogP contribution is -2.45. The third-order valence-corrected chi connectivity index (χ3v) is 15.4. The summed E-state index contributed by atoms with van der Waals surface area (Å²) in [5, 5.41) is 10.8. The maximum absolute atomic E-state index is 12.6. The molecule has 4 nitrogen and oxygen atoms in total. The van der Waals surface area contributed by atoms with Crippen molar-refractivity contribution in [1.82, 2.24) is 0 Å². The Morgan fingerprint density at radius 3 is 1.77 bits per heavy atom. The van der Waals surface area contributed by atoms with E-state index in [9.17, 15) is 9.90 Å². The average molecular weight is 465 g/mol. The van der Waals surface area contributed by atoms with E-state index >= 15 is 0 Å². The summed E-state index contributed by atoms with van der Waals surface area (Å²) in [6.07, 6.45) is 2.70. The standard InChI is InChI=1S/C25H44O4Si2/c1-17(2)14-15-19-21(28-30(10,11)24(4,5)6)16-20(27)22(18(3)26)23(19)29-31(12,13)25(7,8)9/h14,16,27H,15H2,1-13H3. The Bertz CT molecular complexity index is 850. The zero-order valence-corrected chi connectivity index (χ0v) is 24.0.